The number of esters is 1. The number of nitro benzene ring substituents is 1. The number of carbonyl (C=O) groups is 2. The van der Waals surface area contributed by atoms with Gasteiger partial charge in [0.1, 0.15) is 0 Å². The largest absolute Gasteiger partial charge is 0.481 e. The van der Waals surface area contributed by atoms with Gasteiger partial charge in [0.25, 0.3) is 15.7 Å². The third kappa shape index (κ3) is 14.0. The van der Waals surface area contributed by atoms with Crippen LogP contribution in [0.3, 0.4) is 0 Å². The number of hydrogen-bond donors (Lipinski definition) is 3. The number of benzene rings is 6. The van der Waals surface area contributed by atoms with E-state index in [1.807, 2.05) is 79.7 Å². The Morgan fingerprint density at radius 3 is 1.71 bits per heavy atom. The molecule has 0 bridgehead atoms. The molecular formula is C45H44BrN3O8S. The average Bonchev–Trinajstić information content (AvgIpc) is 3.21. The number of sulfonamides is 1. The summed E-state index contributed by atoms with van der Waals surface area (Å²) in [6, 6.07) is 43.7. The highest BCUT2D eigenvalue weighted by atomic mass is 79.9. The Labute approximate surface area is 346 Å². The van der Waals surface area contributed by atoms with Crippen molar-refractivity contribution in [2.24, 2.45) is 0 Å². The number of aliphatic carboxylic acids is 1. The first-order valence-corrected chi connectivity index (χ1v) is 20.6. The number of alkyl halides is 1. The molecule has 4 N–H and O–H groups in total. The number of methoxy groups -OCH3 is 1. The van der Waals surface area contributed by atoms with Gasteiger partial charge in [0, 0.05) is 22.6 Å². The summed E-state index contributed by atoms with van der Waals surface area (Å²) in [6.07, 6.45) is 1.61. The number of rotatable bonds is 13. The summed E-state index contributed by atoms with van der Waals surface area (Å²) >= 11 is 3.17. The molecule has 6 aromatic carbocycles. The van der Waals surface area contributed by atoms with Gasteiger partial charge in [0.05, 0.1) is 35.5 Å². The molecule has 0 amide bonds. The van der Waals surface area contributed by atoms with Crippen molar-refractivity contribution < 1.29 is 32.8 Å². The lowest BCUT2D eigenvalue weighted by Gasteiger charge is -2.13. The SMILES string of the molecule is COC(=O)Cc1ccc(Cc2ccccc2N)cc1.Cc1ccc(S(=O)(=O)Nc2ccccc2Cc2ccc(CC(=O)O)cc2)cc1.O=[N+]([O-])c1ccccc1CBr. The Kier molecular flexibility index (Phi) is 16.7. The lowest BCUT2D eigenvalue weighted by atomic mass is 10.0. The fraction of sp³-hybridized carbons (Fsp3) is 0.156. The number of aryl methyl sites for hydroxylation is 1. The molecule has 300 valence electrons. The number of ether oxygens (including phenoxy) is 1. The molecule has 0 aliphatic carbocycles. The minimum absolute atomic E-state index is 0.0206. The number of nitrogen functional groups attached to an aromatic ring is 1. The van der Waals surface area contributed by atoms with Gasteiger partial charge in [0.15, 0.2) is 0 Å². The maximum absolute atomic E-state index is 12.7. The highest BCUT2D eigenvalue weighted by molar-refractivity contribution is 9.08. The van der Waals surface area contributed by atoms with E-state index in [1.54, 1.807) is 66.7 Å². The summed E-state index contributed by atoms with van der Waals surface area (Å²) in [7, 11) is -2.28. The number of nitrogens with two attached hydrogens (primary N) is 1. The zero-order valence-corrected chi connectivity index (χ0v) is 34.4. The first-order valence-electron chi connectivity index (χ1n) is 18.0. The van der Waals surface area contributed by atoms with Crippen molar-refractivity contribution in [2.75, 3.05) is 17.6 Å². The molecule has 13 heteroatoms. The van der Waals surface area contributed by atoms with Crippen LogP contribution in [0.1, 0.15) is 44.5 Å². The van der Waals surface area contributed by atoms with Crippen molar-refractivity contribution in [1.29, 1.82) is 0 Å². The van der Waals surface area contributed by atoms with Gasteiger partial charge < -0.3 is 15.6 Å². The van der Waals surface area contributed by atoms with Crippen molar-refractivity contribution in [3.63, 3.8) is 0 Å². The van der Waals surface area contributed by atoms with Crippen LogP contribution in [0, 0.1) is 17.0 Å². The zero-order valence-electron chi connectivity index (χ0n) is 32.0. The lowest BCUT2D eigenvalue weighted by Crippen LogP contribution is -2.14. The summed E-state index contributed by atoms with van der Waals surface area (Å²) in [4.78, 5) is 32.2. The molecule has 0 radical (unpaired) electrons. The first-order chi connectivity index (χ1) is 27.8. The number of nitrogens with one attached hydrogen (secondary N) is 1. The topological polar surface area (TPSA) is 179 Å². The quantitative estimate of drug-likeness (QED) is 0.0336. The Hall–Kier alpha value is -6.31. The number of halogens is 1. The van der Waals surface area contributed by atoms with Crippen molar-refractivity contribution >= 4 is 55.0 Å². The second kappa shape index (κ2) is 21.8. The molecule has 0 fully saturated rings. The van der Waals surface area contributed by atoms with Crippen LogP contribution in [-0.2, 0) is 55.4 Å². The molecule has 0 spiro atoms. The Bertz CT molecular complexity index is 2410. The minimum Gasteiger partial charge on any atom is -0.481 e. The molecule has 58 heavy (non-hydrogen) atoms. The van der Waals surface area contributed by atoms with Gasteiger partial charge in [-0.25, -0.2) is 8.42 Å². The van der Waals surface area contributed by atoms with Gasteiger partial charge in [-0.05, 0) is 77.4 Å². The predicted molar refractivity (Wildman–Crippen MR) is 231 cm³/mol. The van der Waals surface area contributed by atoms with Gasteiger partial charge in [-0.3, -0.25) is 24.4 Å². The van der Waals surface area contributed by atoms with Gasteiger partial charge in [-0.15, -0.1) is 0 Å². The van der Waals surface area contributed by atoms with Crippen LogP contribution in [0.25, 0.3) is 0 Å². The van der Waals surface area contributed by atoms with E-state index in [1.165, 1.54) is 18.7 Å². The zero-order chi connectivity index (χ0) is 42.1. The van der Waals surface area contributed by atoms with E-state index in [4.69, 9.17) is 10.8 Å². The molecule has 0 saturated heterocycles. The van der Waals surface area contributed by atoms with Crippen LogP contribution < -0.4 is 10.5 Å². The van der Waals surface area contributed by atoms with E-state index in [0.29, 0.717) is 29.4 Å². The molecule has 6 aromatic rings. The fourth-order valence-corrected chi connectivity index (χ4v) is 7.17. The van der Waals surface area contributed by atoms with E-state index in [9.17, 15) is 28.1 Å². The highest BCUT2D eigenvalue weighted by Gasteiger charge is 2.16. The summed E-state index contributed by atoms with van der Waals surface area (Å²) < 4.78 is 32.7. The molecule has 0 saturated carbocycles. The number of carboxylic acids is 1. The average molecular weight is 867 g/mol. The molecular weight excluding hydrogens is 822 g/mol. The van der Waals surface area contributed by atoms with Gasteiger partial charge >= 0.3 is 11.9 Å². The van der Waals surface area contributed by atoms with Crippen LogP contribution in [0.2, 0.25) is 0 Å². The maximum atomic E-state index is 12.7. The minimum atomic E-state index is -3.68. The second-order valence-electron chi connectivity index (χ2n) is 13.1. The number of carboxylic acid groups (broad SMARTS) is 1. The number of para-hydroxylation sites is 3. The van der Waals surface area contributed by atoms with Gasteiger partial charge in [-0.2, -0.15) is 0 Å². The summed E-state index contributed by atoms with van der Waals surface area (Å²) in [5.74, 6) is -1.09. The third-order valence-electron chi connectivity index (χ3n) is 8.75. The Morgan fingerprint density at radius 2 is 1.19 bits per heavy atom. The molecule has 11 nitrogen and oxygen atoms in total. The maximum Gasteiger partial charge on any atom is 0.309 e. The number of nitrogens with zero attached hydrogens (tertiary/aromatic N) is 1. The molecule has 6 rings (SSSR count). The normalized spacial score (nSPS) is 10.5. The van der Waals surface area contributed by atoms with Crippen LogP contribution in [0.5, 0.6) is 0 Å². The van der Waals surface area contributed by atoms with E-state index in [0.717, 1.165) is 45.5 Å². The molecule has 0 aromatic heterocycles. The van der Waals surface area contributed by atoms with Crippen molar-refractivity contribution in [3.8, 4) is 0 Å². The van der Waals surface area contributed by atoms with Crippen LogP contribution >= 0.6 is 15.9 Å². The van der Waals surface area contributed by atoms with Crippen molar-refractivity contribution in [2.45, 2.75) is 42.8 Å². The monoisotopic (exact) mass is 865 g/mol. The number of hydrogen-bond acceptors (Lipinski definition) is 8. The van der Waals surface area contributed by atoms with Gasteiger partial charge in [-0.1, -0.05) is 137 Å². The van der Waals surface area contributed by atoms with E-state index < -0.39 is 16.0 Å². The van der Waals surface area contributed by atoms with E-state index >= 15 is 0 Å². The molecule has 0 atom stereocenters. The molecule has 0 heterocycles. The molecule has 0 unspecified atom stereocenters. The number of nitro groups is 1. The molecule has 0 aliphatic rings. The van der Waals surface area contributed by atoms with E-state index in [2.05, 4.69) is 25.4 Å². The lowest BCUT2D eigenvalue weighted by molar-refractivity contribution is -0.385. The van der Waals surface area contributed by atoms with Crippen molar-refractivity contribution in [3.05, 3.63) is 200 Å². The highest BCUT2D eigenvalue weighted by Crippen LogP contribution is 2.24. The second-order valence-corrected chi connectivity index (χ2v) is 15.3. The van der Waals surface area contributed by atoms with E-state index in [-0.39, 0.29) is 27.9 Å². The third-order valence-corrected chi connectivity index (χ3v) is 10.7. The van der Waals surface area contributed by atoms with Crippen LogP contribution in [0.4, 0.5) is 17.1 Å². The number of anilines is 2. The predicted octanol–water partition coefficient (Wildman–Crippen LogP) is 9.08. The summed E-state index contributed by atoms with van der Waals surface area (Å²) in [6.45, 7) is 1.90. The fourth-order valence-electron chi connectivity index (χ4n) is 5.60. The van der Waals surface area contributed by atoms with Crippen LogP contribution in [-0.4, -0.2) is 37.5 Å². The van der Waals surface area contributed by atoms with Crippen molar-refractivity contribution in [1.82, 2.24) is 0 Å². The smallest absolute Gasteiger partial charge is 0.309 e. The number of carbonyl (C=O) groups excluding carboxylic acids is 1. The summed E-state index contributed by atoms with van der Waals surface area (Å²) in [5, 5.41) is 19.7. The van der Waals surface area contributed by atoms with Gasteiger partial charge in [0.2, 0.25) is 0 Å². The Morgan fingerprint density at radius 1 is 0.707 bits per heavy atom. The molecule has 0 aliphatic heterocycles. The Balaban J connectivity index is 0.000000213. The summed E-state index contributed by atoms with van der Waals surface area (Å²) in [5.41, 5.74) is 14.9. The first kappa shape index (κ1) is 44.4. The standard InChI is InChI=1S/C22H21NO4S.C16H17NO2.C7H6BrNO2/c1-16-6-12-20(13-7-16)28(26,27)23-21-5-3-2-4-19(21)14-17-8-10-18(11-9-17)15-22(24)25;1-19-16(18)11-13-8-6-12(7-9-13)10-14-4-2-3-5-15(14)17;8-5-6-3-1-2-4-7(6)9(10)11/h2-13,23H,14-15H2,1H3,(H,24,25);2-9H,10-11,17H2,1H3;1-4H,5H2. The van der Waals surface area contributed by atoms with Crippen LogP contribution in [0.15, 0.2) is 150 Å².